The Bertz CT molecular complexity index is 278. The van der Waals surface area contributed by atoms with Crippen LogP contribution >= 0.6 is 0 Å². The van der Waals surface area contributed by atoms with Crippen molar-refractivity contribution < 1.29 is 14.7 Å². The molecule has 2 aliphatic carbocycles. The maximum Gasteiger partial charge on any atom is 0.319 e. The molecule has 84 valence electrons. The number of amides is 1. The van der Waals surface area contributed by atoms with Crippen LogP contribution in [-0.2, 0) is 9.59 Å². The molecule has 2 rings (SSSR count). The number of carbonyl (C=O) groups is 2. The van der Waals surface area contributed by atoms with Crippen molar-refractivity contribution in [3.63, 3.8) is 0 Å². The molecule has 1 amide bonds. The predicted octanol–water partition coefficient (Wildman–Crippen LogP) is 1.16. The van der Waals surface area contributed by atoms with Crippen molar-refractivity contribution in [3.05, 3.63) is 0 Å². The van der Waals surface area contributed by atoms with E-state index in [-0.39, 0.29) is 5.91 Å². The number of nitrogens with one attached hydrogen (secondary N) is 1. The third-order valence-corrected chi connectivity index (χ3v) is 3.62. The highest BCUT2D eigenvalue weighted by molar-refractivity contribution is 6.04. The Morgan fingerprint density at radius 1 is 1.27 bits per heavy atom. The molecule has 4 nitrogen and oxygen atoms in total. The molecular weight excluding hydrogens is 194 g/mol. The van der Waals surface area contributed by atoms with Crippen LogP contribution < -0.4 is 5.32 Å². The number of rotatable bonds is 4. The van der Waals surface area contributed by atoms with E-state index in [2.05, 4.69) is 5.32 Å². The van der Waals surface area contributed by atoms with E-state index in [1.54, 1.807) is 0 Å². The first-order valence-corrected chi connectivity index (χ1v) is 5.67. The van der Waals surface area contributed by atoms with Gasteiger partial charge in [0.25, 0.3) is 0 Å². The van der Waals surface area contributed by atoms with Crippen LogP contribution in [0, 0.1) is 11.3 Å². The lowest BCUT2D eigenvalue weighted by Crippen LogP contribution is -2.39. The molecule has 15 heavy (non-hydrogen) atoms. The molecule has 0 unspecified atom stereocenters. The van der Waals surface area contributed by atoms with Crippen molar-refractivity contribution in [1.29, 1.82) is 0 Å². The summed E-state index contributed by atoms with van der Waals surface area (Å²) in [5.41, 5.74) is -1.07. The van der Waals surface area contributed by atoms with Crippen LogP contribution in [-0.4, -0.2) is 23.5 Å². The molecule has 2 fully saturated rings. The fraction of sp³-hybridized carbons (Fsp3) is 0.818. The van der Waals surface area contributed by atoms with Gasteiger partial charge in [-0.3, -0.25) is 9.59 Å². The average Bonchev–Trinajstić information content (AvgIpc) is 2.87. The first-order valence-electron chi connectivity index (χ1n) is 5.67. The molecule has 2 aliphatic rings. The van der Waals surface area contributed by atoms with Crippen LogP contribution in [0.25, 0.3) is 0 Å². The maximum absolute atomic E-state index is 11.6. The second-order valence-electron chi connectivity index (χ2n) is 4.75. The lowest BCUT2D eigenvalue weighted by Gasteiger charge is -2.13. The van der Waals surface area contributed by atoms with E-state index in [9.17, 15) is 9.59 Å². The van der Waals surface area contributed by atoms with Crippen molar-refractivity contribution in [3.8, 4) is 0 Å². The largest absolute Gasteiger partial charge is 0.480 e. The monoisotopic (exact) mass is 211 g/mol. The molecule has 0 spiro atoms. The molecular formula is C11H17NO3. The summed E-state index contributed by atoms with van der Waals surface area (Å²) in [6, 6.07) is 0. The van der Waals surface area contributed by atoms with Gasteiger partial charge in [0, 0.05) is 6.54 Å². The Hall–Kier alpha value is -1.06. The first kappa shape index (κ1) is 10.5. The molecule has 0 aromatic carbocycles. The highest BCUT2D eigenvalue weighted by Crippen LogP contribution is 2.46. The van der Waals surface area contributed by atoms with E-state index in [1.807, 2.05) is 0 Å². The highest BCUT2D eigenvalue weighted by atomic mass is 16.4. The van der Waals surface area contributed by atoms with E-state index < -0.39 is 11.4 Å². The van der Waals surface area contributed by atoms with Gasteiger partial charge >= 0.3 is 5.97 Å². The van der Waals surface area contributed by atoms with Gasteiger partial charge in [-0.25, -0.2) is 0 Å². The Balaban J connectivity index is 1.79. The normalized spacial score (nSPS) is 23.7. The van der Waals surface area contributed by atoms with E-state index >= 15 is 0 Å². The summed E-state index contributed by atoms with van der Waals surface area (Å²) in [6.07, 6.45) is 5.81. The van der Waals surface area contributed by atoms with Crippen molar-refractivity contribution in [2.45, 2.75) is 38.5 Å². The van der Waals surface area contributed by atoms with Gasteiger partial charge in [0.2, 0.25) is 5.91 Å². The molecule has 0 saturated heterocycles. The topological polar surface area (TPSA) is 66.4 Å². The summed E-state index contributed by atoms with van der Waals surface area (Å²) in [5.74, 6) is -0.674. The van der Waals surface area contributed by atoms with Crippen LogP contribution in [0.3, 0.4) is 0 Å². The standard InChI is InChI=1S/C11H17NO3/c13-9(11(5-6-11)10(14)15)12-7-8-3-1-2-4-8/h8H,1-7H2,(H,12,13)(H,14,15). The number of aliphatic carboxylic acids is 1. The summed E-state index contributed by atoms with van der Waals surface area (Å²) in [7, 11) is 0. The quantitative estimate of drug-likeness (QED) is 0.686. The number of carbonyl (C=O) groups excluding carboxylic acids is 1. The summed E-state index contributed by atoms with van der Waals surface area (Å²) in [6.45, 7) is 0.661. The Labute approximate surface area is 89.0 Å². The zero-order chi connectivity index (χ0) is 10.9. The second-order valence-corrected chi connectivity index (χ2v) is 4.75. The van der Waals surface area contributed by atoms with Gasteiger partial charge in [0.1, 0.15) is 5.41 Å². The van der Waals surface area contributed by atoms with Crippen molar-refractivity contribution in [2.24, 2.45) is 11.3 Å². The van der Waals surface area contributed by atoms with Crippen LogP contribution in [0.1, 0.15) is 38.5 Å². The van der Waals surface area contributed by atoms with Gasteiger partial charge in [-0.2, -0.15) is 0 Å². The molecule has 0 heterocycles. The fourth-order valence-corrected chi connectivity index (χ4v) is 2.28. The van der Waals surface area contributed by atoms with Gasteiger partial charge in [-0.1, -0.05) is 12.8 Å². The summed E-state index contributed by atoms with van der Waals surface area (Å²) in [5, 5.41) is 11.7. The Kier molecular flexibility index (Phi) is 2.67. The van der Waals surface area contributed by atoms with Crippen LogP contribution in [0.2, 0.25) is 0 Å². The number of carboxylic acids is 1. The van der Waals surface area contributed by atoms with Crippen molar-refractivity contribution in [2.75, 3.05) is 6.54 Å². The van der Waals surface area contributed by atoms with E-state index in [1.165, 1.54) is 25.7 Å². The van der Waals surface area contributed by atoms with Crippen molar-refractivity contribution in [1.82, 2.24) is 5.32 Å². The van der Waals surface area contributed by atoms with Gasteiger partial charge in [-0.05, 0) is 31.6 Å². The second kappa shape index (κ2) is 3.83. The fourth-order valence-electron chi connectivity index (χ4n) is 2.28. The highest BCUT2D eigenvalue weighted by Gasteiger charge is 2.56. The molecule has 0 bridgehead atoms. The molecule has 0 aromatic rings. The number of carboxylic acid groups (broad SMARTS) is 1. The summed E-state index contributed by atoms with van der Waals surface area (Å²) in [4.78, 5) is 22.5. The molecule has 0 radical (unpaired) electrons. The molecule has 2 N–H and O–H groups in total. The summed E-state index contributed by atoms with van der Waals surface area (Å²) < 4.78 is 0. The third kappa shape index (κ3) is 1.98. The zero-order valence-electron chi connectivity index (χ0n) is 8.79. The van der Waals surface area contributed by atoms with Gasteiger partial charge in [-0.15, -0.1) is 0 Å². The lowest BCUT2D eigenvalue weighted by atomic mass is 10.1. The van der Waals surface area contributed by atoms with Crippen LogP contribution in [0.4, 0.5) is 0 Å². The number of hydrogen-bond acceptors (Lipinski definition) is 2. The van der Waals surface area contributed by atoms with Gasteiger partial charge in [0.05, 0.1) is 0 Å². The smallest absolute Gasteiger partial charge is 0.319 e. The SMILES string of the molecule is O=C(O)C1(C(=O)NCC2CCCC2)CC1. The molecule has 0 aromatic heterocycles. The van der Waals surface area contributed by atoms with Gasteiger partial charge in [0.15, 0.2) is 0 Å². The number of hydrogen-bond donors (Lipinski definition) is 2. The van der Waals surface area contributed by atoms with Crippen LogP contribution in [0.15, 0.2) is 0 Å². The average molecular weight is 211 g/mol. The van der Waals surface area contributed by atoms with E-state index in [0.29, 0.717) is 25.3 Å². The maximum atomic E-state index is 11.6. The minimum atomic E-state index is -1.07. The Morgan fingerprint density at radius 2 is 1.87 bits per heavy atom. The predicted molar refractivity (Wildman–Crippen MR) is 54.3 cm³/mol. The first-order chi connectivity index (χ1) is 7.15. The third-order valence-electron chi connectivity index (χ3n) is 3.62. The molecule has 4 heteroatoms. The van der Waals surface area contributed by atoms with E-state index in [4.69, 9.17) is 5.11 Å². The molecule has 2 saturated carbocycles. The Morgan fingerprint density at radius 3 is 2.33 bits per heavy atom. The molecule has 0 atom stereocenters. The van der Waals surface area contributed by atoms with E-state index in [0.717, 1.165) is 0 Å². The zero-order valence-corrected chi connectivity index (χ0v) is 8.79. The summed E-state index contributed by atoms with van der Waals surface area (Å²) >= 11 is 0. The minimum Gasteiger partial charge on any atom is -0.480 e. The van der Waals surface area contributed by atoms with Gasteiger partial charge < -0.3 is 10.4 Å². The van der Waals surface area contributed by atoms with Crippen molar-refractivity contribution >= 4 is 11.9 Å². The minimum absolute atomic E-state index is 0.276. The lowest BCUT2D eigenvalue weighted by molar-refractivity contribution is -0.149. The van der Waals surface area contributed by atoms with Crippen LogP contribution in [0.5, 0.6) is 0 Å². The molecule has 0 aliphatic heterocycles.